The normalized spacial score (nSPS) is 10.3. The molecule has 0 spiro atoms. The van der Waals surface area contributed by atoms with E-state index in [4.69, 9.17) is 5.11 Å². The highest BCUT2D eigenvalue weighted by molar-refractivity contribution is 5.96. The number of nitro groups is 1. The number of nitrogens with one attached hydrogen (secondary N) is 1. The molecular weight excluding hydrogens is 240 g/mol. The first kappa shape index (κ1) is 13.4. The number of carbonyl (C=O) groups is 2. The highest BCUT2D eigenvalue weighted by Gasteiger charge is 2.17. The van der Waals surface area contributed by atoms with Crippen molar-refractivity contribution in [2.24, 2.45) is 0 Å². The van der Waals surface area contributed by atoms with E-state index in [9.17, 15) is 19.7 Å². The average molecular weight is 250 g/mol. The monoisotopic (exact) mass is 250 g/mol. The Labute approximate surface area is 102 Å². The Morgan fingerprint density at radius 2 is 2.11 bits per heavy atom. The molecule has 0 aliphatic rings. The minimum absolute atomic E-state index is 0.0208. The summed E-state index contributed by atoms with van der Waals surface area (Å²) >= 11 is 0. The van der Waals surface area contributed by atoms with Gasteiger partial charge in [-0.3, -0.25) is 14.9 Å². The molecule has 94 valence electrons. The summed E-state index contributed by atoms with van der Waals surface area (Å²) in [5, 5.41) is 21.6. The lowest BCUT2D eigenvalue weighted by atomic mass is 10.1. The number of rotatable bonds is 4. The van der Waals surface area contributed by atoms with Gasteiger partial charge < -0.3 is 10.4 Å². The van der Waals surface area contributed by atoms with Crippen LogP contribution in [0.3, 0.4) is 0 Å². The molecule has 1 aromatic rings. The van der Waals surface area contributed by atoms with E-state index in [0.29, 0.717) is 0 Å². The summed E-state index contributed by atoms with van der Waals surface area (Å²) in [4.78, 5) is 31.6. The lowest BCUT2D eigenvalue weighted by molar-refractivity contribution is -0.383. The van der Waals surface area contributed by atoms with Crippen molar-refractivity contribution in [3.8, 4) is 0 Å². The largest absolute Gasteiger partial charge is 0.478 e. The molecule has 0 fully saturated rings. The summed E-state index contributed by atoms with van der Waals surface area (Å²) in [5.74, 6) is -1.66. The summed E-state index contributed by atoms with van der Waals surface area (Å²) in [6.45, 7) is 1.21. The minimum atomic E-state index is -1.18. The van der Waals surface area contributed by atoms with Crippen LogP contribution < -0.4 is 5.32 Å². The molecule has 18 heavy (non-hydrogen) atoms. The Morgan fingerprint density at radius 3 is 2.61 bits per heavy atom. The molecule has 0 aromatic heterocycles. The highest BCUT2D eigenvalue weighted by atomic mass is 16.6. The highest BCUT2D eigenvalue weighted by Crippen LogP contribution is 2.29. The Balaban J connectivity index is 3.31. The van der Waals surface area contributed by atoms with Crippen LogP contribution in [0.5, 0.6) is 0 Å². The van der Waals surface area contributed by atoms with E-state index >= 15 is 0 Å². The number of hydrogen-bond donors (Lipinski definition) is 2. The van der Waals surface area contributed by atoms with E-state index < -0.39 is 16.8 Å². The molecular formula is C11H10N2O5. The fourth-order valence-corrected chi connectivity index (χ4v) is 1.32. The number of benzene rings is 1. The van der Waals surface area contributed by atoms with Crippen molar-refractivity contribution in [1.82, 2.24) is 0 Å². The maximum absolute atomic E-state index is 11.0. The average Bonchev–Trinajstić information content (AvgIpc) is 2.26. The number of carbonyl (C=O) groups excluding carboxylic acids is 1. The molecule has 1 rings (SSSR count). The van der Waals surface area contributed by atoms with Gasteiger partial charge in [0.05, 0.1) is 4.92 Å². The van der Waals surface area contributed by atoms with Gasteiger partial charge in [0.2, 0.25) is 5.91 Å². The van der Waals surface area contributed by atoms with Crippen molar-refractivity contribution in [1.29, 1.82) is 0 Å². The lowest BCUT2D eigenvalue weighted by Gasteiger charge is -2.06. The third kappa shape index (κ3) is 3.41. The van der Waals surface area contributed by atoms with Gasteiger partial charge in [-0.25, -0.2) is 4.79 Å². The molecule has 0 aliphatic carbocycles. The van der Waals surface area contributed by atoms with E-state index in [2.05, 4.69) is 5.32 Å². The first-order chi connectivity index (χ1) is 8.41. The predicted molar refractivity (Wildman–Crippen MR) is 64.1 cm³/mol. The molecule has 1 amide bonds. The number of nitro benzene ring substituents is 1. The number of aliphatic carboxylic acids is 1. The quantitative estimate of drug-likeness (QED) is 0.479. The first-order valence-electron chi connectivity index (χ1n) is 4.88. The topological polar surface area (TPSA) is 110 Å². The summed E-state index contributed by atoms with van der Waals surface area (Å²) in [7, 11) is 0. The molecule has 2 N–H and O–H groups in total. The van der Waals surface area contributed by atoms with Gasteiger partial charge >= 0.3 is 5.97 Å². The van der Waals surface area contributed by atoms with Crippen LogP contribution in [0.15, 0.2) is 24.3 Å². The van der Waals surface area contributed by atoms with Gasteiger partial charge in [-0.05, 0) is 6.08 Å². The summed E-state index contributed by atoms with van der Waals surface area (Å²) in [6.07, 6.45) is 2.02. The van der Waals surface area contributed by atoms with Crippen molar-refractivity contribution < 1.29 is 19.6 Å². The van der Waals surface area contributed by atoms with Crippen LogP contribution in [-0.2, 0) is 9.59 Å². The third-order valence-corrected chi connectivity index (χ3v) is 1.98. The maximum atomic E-state index is 11.0. The molecule has 7 heteroatoms. The predicted octanol–water partition coefficient (Wildman–Crippen LogP) is 1.65. The van der Waals surface area contributed by atoms with E-state index in [-0.39, 0.29) is 16.9 Å². The third-order valence-electron chi connectivity index (χ3n) is 1.98. The standard InChI is InChI=1S/C11H10N2O5/c1-7(14)12-11-8(5-6-10(15)16)3-2-4-9(11)13(17)18/h2-6H,1H3,(H,12,14)(H,15,16). The second-order valence-electron chi connectivity index (χ2n) is 3.35. The summed E-state index contributed by atoms with van der Waals surface area (Å²) in [5.41, 5.74) is -0.0629. The second kappa shape index (κ2) is 5.58. The van der Waals surface area contributed by atoms with Crippen LogP contribution in [0.4, 0.5) is 11.4 Å². The maximum Gasteiger partial charge on any atom is 0.328 e. The molecule has 0 atom stereocenters. The molecule has 1 aromatic carbocycles. The van der Waals surface area contributed by atoms with Gasteiger partial charge in [0.1, 0.15) is 5.69 Å². The van der Waals surface area contributed by atoms with E-state index in [1.165, 1.54) is 31.2 Å². The number of nitrogens with zero attached hydrogens (tertiary/aromatic N) is 1. The molecule has 7 nitrogen and oxygen atoms in total. The van der Waals surface area contributed by atoms with Crippen LogP contribution >= 0.6 is 0 Å². The Morgan fingerprint density at radius 1 is 1.44 bits per heavy atom. The molecule has 0 saturated carbocycles. The molecule has 0 bridgehead atoms. The number of carboxylic acids is 1. The zero-order valence-electron chi connectivity index (χ0n) is 9.41. The second-order valence-corrected chi connectivity index (χ2v) is 3.35. The Hall–Kier alpha value is -2.70. The smallest absolute Gasteiger partial charge is 0.328 e. The van der Waals surface area contributed by atoms with Crippen LogP contribution in [-0.4, -0.2) is 21.9 Å². The molecule has 0 unspecified atom stereocenters. The molecule has 0 saturated heterocycles. The van der Waals surface area contributed by atoms with Gasteiger partial charge in [0.15, 0.2) is 0 Å². The van der Waals surface area contributed by atoms with Gasteiger partial charge in [-0.15, -0.1) is 0 Å². The SMILES string of the molecule is CC(=O)Nc1c(C=CC(=O)O)cccc1[N+](=O)[O-]. The number of anilines is 1. The van der Waals surface area contributed by atoms with Crippen LogP contribution in [0.25, 0.3) is 6.08 Å². The van der Waals surface area contributed by atoms with Crippen LogP contribution in [0.2, 0.25) is 0 Å². The van der Waals surface area contributed by atoms with Gasteiger partial charge in [-0.2, -0.15) is 0 Å². The fourth-order valence-electron chi connectivity index (χ4n) is 1.32. The van der Waals surface area contributed by atoms with Crippen molar-refractivity contribution in [3.63, 3.8) is 0 Å². The minimum Gasteiger partial charge on any atom is -0.478 e. The number of carboxylic acid groups (broad SMARTS) is 1. The molecule has 0 heterocycles. The van der Waals surface area contributed by atoms with E-state index in [0.717, 1.165) is 6.08 Å². The molecule has 0 radical (unpaired) electrons. The summed E-state index contributed by atoms with van der Waals surface area (Å²) < 4.78 is 0. The Kier molecular flexibility index (Phi) is 4.14. The van der Waals surface area contributed by atoms with Crippen LogP contribution in [0.1, 0.15) is 12.5 Å². The van der Waals surface area contributed by atoms with Crippen molar-refractivity contribution in [2.45, 2.75) is 6.92 Å². The number of para-hydroxylation sites is 1. The first-order valence-corrected chi connectivity index (χ1v) is 4.88. The fraction of sp³-hybridized carbons (Fsp3) is 0.0909. The number of hydrogen-bond acceptors (Lipinski definition) is 4. The summed E-state index contributed by atoms with van der Waals surface area (Å²) in [6, 6.07) is 4.10. The van der Waals surface area contributed by atoms with Gasteiger partial charge in [0.25, 0.3) is 5.69 Å². The van der Waals surface area contributed by atoms with Gasteiger partial charge in [0, 0.05) is 24.6 Å². The van der Waals surface area contributed by atoms with E-state index in [1.807, 2.05) is 0 Å². The van der Waals surface area contributed by atoms with Gasteiger partial charge in [-0.1, -0.05) is 12.1 Å². The van der Waals surface area contributed by atoms with Crippen molar-refractivity contribution in [3.05, 3.63) is 40.0 Å². The Bertz CT molecular complexity index is 536. The van der Waals surface area contributed by atoms with Crippen molar-refractivity contribution in [2.75, 3.05) is 5.32 Å². The molecule has 0 aliphatic heterocycles. The number of amides is 1. The van der Waals surface area contributed by atoms with E-state index in [1.54, 1.807) is 0 Å². The zero-order valence-corrected chi connectivity index (χ0v) is 9.41. The lowest BCUT2D eigenvalue weighted by Crippen LogP contribution is -2.09. The van der Waals surface area contributed by atoms with Crippen LogP contribution in [0, 0.1) is 10.1 Å². The van der Waals surface area contributed by atoms with Crippen molar-refractivity contribution >= 4 is 29.3 Å². The zero-order chi connectivity index (χ0) is 13.7.